The van der Waals surface area contributed by atoms with Crippen LogP contribution in [0.2, 0.25) is 0 Å². The van der Waals surface area contributed by atoms with Crippen molar-refractivity contribution in [2.24, 2.45) is 0 Å². The Labute approximate surface area is 673 Å². The third-order valence-electron chi connectivity index (χ3n) is 21.2. The van der Waals surface area contributed by atoms with Crippen LogP contribution in [0.15, 0.2) is 315 Å². The Morgan fingerprint density at radius 1 is 0.177 bits per heavy atom. The Balaban J connectivity index is 0.803. The van der Waals surface area contributed by atoms with Crippen LogP contribution in [-0.4, -0.2) is 56.9 Å². The van der Waals surface area contributed by atoms with Gasteiger partial charge in [-0.15, -0.1) is 45.3 Å². The van der Waals surface area contributed by atoms with Gasteiger partial charge in [0.25, 0.3) is 0 Å². The van der Waals surface area contributed by atoms with Gasteiger partial charge in [0.15, 0.2) is 0 Å². The molecule has 0 amide bonds. The molecule has 0 saturated heterocycles. The van der Waals surface area contributed by atoms with Crippen molar-refractivity contribution in [3.05, 3.63) is 338 Å². The molecule has 0 radical (unpaired) electrons. The van der Waals surface area contributed by atoms with Crippen LogP contribution < -0.4 is 57.5 Å². The Kier molecular flexibility index (Phi) is 19.3. The summed E-state index contributed by atoms with van der Waals surface area (Å²) < 4.78 is 45.1. The first kappa shape index (κ1) is 71.6. The second-order valence-electron chi connectivity index (χ2n) is 27.3. The van der Waals surface area contributed by atoms with E-state index in [4.69, 9.17) is 37.9 Å². The third-order valence-corrected chi connectivity index (χ3v) is 26.3. The summed E-state index contributed by atoms with van der Waals surface area (Å²) in [4.78, 5) is 18.9. The van der Waals surface area contributed by atoms with E-state index in [9.17, 15) is 0 Å². The maximum absolute atomic E-state index is 5.63. The molecule has 0 aliphatic heterocycles. The van der Waals surface area contributed by atoms with Crippen LogP contribution in [0.1, 0.15) is 22.3 Å². The van der Waals surface area contributed by atoms with Crippen LogP contribution in [0.4, 0.5) is 68.2 Å². The first-order valence-corrected chi connectivity index (χ1v) is 40.1. The van der Waals surface area contributed by atoms with Crippen molar-refractivity contribution in [2.75, 3.05) is 76.5 Å². The minimum Gasteiger partial charge on any atom is -0.497 e. The maximum atomic E-state index is 5.63. The predicted molar refractivity (Wildman–Crippen MR) is 467 cm³/mol. The van der Waals surface area contributed by atoms with E-state index >= 15 is 0 Å². The molecule has 12 aromatic carbocycles. The van der Waals surface area contributed by atoms with Crippen molar-refractivity contribution in [1.29, 1.82) is 0 Å². The summed E-state index contributed by atoms with van der Waals surface area (Å²) in [7, 11) is 13.6. The Hall–Kier alpha value is -13.0. The molecule has 16 heteroatoms. The van der Waals surface area contributed by atoms with E-state index < -0.39 is 5.41 Å². The molecule has 113 heavy (non-hydrogen) atoms. The van der Waals surface area contributed by atoms with Crippen molar-refractivity contribution in [3.8, 4) is 107 Å². The van der Waals surface area contributed by atoms with E-state index in [1.807, 2.05) is 142 Å². The fraction of sp³-hybridized carbons (Fsp3) is 0.0928. The number of ether oxygens (including phenoxy) is 8. The Bertz CT molecular complexity index is 5110. The van der Waals surface area contributed by atoms with Crippen molar-refractivity contribution >= 4 is 114 Å². The second-order valence-corrected chi connectivity index (χ2v) is 31.5. The molecule has 0 bridgehead atoms. The summed E-state index contributed by atoms with van der Waals surface area (Å²) in [5.74, 6) is 6.33. The van der Waals surface area contributed by atoms with Gasteiger partial charge in [-0.1, -0.05) is 48.5 Å². The summed E-state index contributed by atoms with van der Waals surface area (Å²) >= 11 is 7.55. The van der Waals surface area contributed by atoms with Crippen LogP contribution in [0.3, 0.4) is 0 Å². The van der Waals surface area contributed by atoms with Gasteiger partial charge in [0.05, 0.1) is 81.8 Å². The number of nitrogens with zero attached hydrogens (tertiary/aromatic N) is 4. The maximum Gasteiger partial charge on any atom is 0.119 e. The molecule has 0 N–H and O–H groups in total. The quantitative estimate of drug-likeness (QED) is 0.0577. The van der Waals surface area contributed by atoms with Gasteiger partial charge in [-0.25, -0.2) is 0 Å². The van der Waals surface area contributed by atoms with E-state index in [1.165, 1.54) is 61.3 Å². The van der Waals surface area contributed by atoms with E-state index in [1.54, 1.807) is 56.9 Å². The Morgan fingerprint density at radius 2 is 0.301 bits per heavy atom. The first-order chi connectivity index (χ1) is 55.5. The first-order valence-electron chi connectivity index (χ1n) is 36.9. The molecule has 4 aromatic heterocycles. The van der Waals surface area contributed by atoms with Crippen molar-refractivity contribution in [1.82, 2.24) is 0 Å². The van der Waals surface area contributed by atoms with Crippen molar-refractivity contribution in [3.63, 3.8) is 0 Å². The molecular weight excluding hydrogens is 1480 g/mol. The number of anilines is 12. The fourth-order valence-electron chi connectivity index (χ4n) is 15.5. The molecule has 12 nitrogen and oxygen atoms in total. The SMILES string of the molecule is COc1ccc(N(c2ccc(OC)cc2)c2ccc(-c3cc4c(s3)-c3sc(-c5ccc(N(c6ccc(OC)cc6)c6ccc(OC)cc6)cc5)cc3C43c4cc(-c5ccc(N(c6ccc(OC)cc6)c6ccc(OC)cc6)cc5)sc4-c4sc(-c5ccc(N(c6ccc(OC)cc6)c6ccc(OC)cc6)cc5)cc43)cc2)cc1. The van der Waals surface area contributed by atoms with Crippen molar-refractivity contribution in [2.45, 2.75) is 5.41 Å². The molecule has 4 heterocycles. The number of hydrogen-bond donors (Lipinski definition) is 0. The van der Waals surface area contributed by atoms with Crippen LogP contribution in [0.25, 0.3) is 61.3 Å². The molecule has 0 saturated carbocycles. The van der Waals surface area contributed by atoms with Crippen LogP contribution in [0, 0.1) is 0 Å². The zero-order valence-corrected chi connectivity index (χ0v) is 66.5. The van der Waals surface area contributed by atoms with Gasteiger partial charge in [-0.3, -0.25) is 0 Å². The number of hydrogen-bond acceptors (Lipinski definition) is 16. The van der Waals surface area contributed by atoms with Gasteiger partial charge in [-0.2, -0.15) is 0 Å². The van der Waals surface area contributed by atoms with Crippen molar-refractivity contribution < 1.29 is 37.9 Å². The number of methoxy groups -OCH3 is 8. The lowest BCUT2D eigenvalue weighted by molar-refractivity contribution is 0.414. The molecule has 0 atom stereocenters. The van der Waals surface area contributed by atoms with E-state index in [-0.39, 0.29) is 0 Å². The summed E-state index contributed by atoms with van der Waals surface area (Å²) in [6, 6.07) is 112. The van der Waals surface area contributed by atoms with Gasteiger partial charge in [0.1, 0.15) is 46.0 Å². The molecule has 2 aliphatic rings. The third kappa shape index (κ3) is 13.1. The fourth-order valence-corrected chi connectivity index (χ4v) is 20.7. The highest BCUT2D eigenvalue weighted by atomic mass is 32.1. The summed E-state index contributed by atoms with van der Waals surface area (Å²) in [6.07, 6.45) is 0. The molecular formula is C97H76N4O8S4. The zero-order chi connectivity index (χ0) is 76.8. The van der Waals surface area contributed by atoms with E-state index in [2.05, 4.69) is 238 Å². The van der Waals surface area contributed by atoms with Gasteiger partial charge in [0, 0.05) is 87.8 Å². The highest BCUT2D eigenvalue weighted by Gasteiger charge is 2.56. The second kappa shape index (κ2) is 30.4. The van der Waals surface area contributed by atoms with Gasteiger partial charge in [-0.05, 0) is 311 Å². The summed E-state index contributed by atoms with van der Waals surface area (Å²) in [5.41, 5.74) is 21.1. The van der Waals surface area contributed by atoms with Gasteiger partial charge < -0.3 is 57.5 Å². The number of rotatable bonds is 24. The monoisotopic (exact) mass is 1550 g/mol. The van der Waals surface area contributed by atoms with Gasteiger partial charge in [0.2, 0.25) is 0 Å². The molecule has 16 aromatic rings. The summed E-state index contributed by atoms with van der Waals surface area (Å²) in [5, 5.41) is 0. The average Bonchev–Trinajstić information content (AvgIpc) is 1.49. The largest absolute Gasteiger partial charge is 0.497 e. The number of benzene rings is 12. The van der Waals surface area contributed by atoms with Crippen LogP contribution in [0.5, 0.6) is 46.0 Å². The normalized spacial score (nSPS) is 12.0. The minimum atomic E-state index is -0.708. The van der Waals surface area contributed by atoms with Crippen LogP contribution in [-0.2, 0) is 5.41 Å². The number of fused-ring (bicyclic) bond motifs is 10. The van der Waals surface area contributed by atoms with E-state index in [0.29, 0.717) is 0 Å². The smallest absolute Gasteiger partial charge is 0.119 e. The lowest BCUT2D eigenvalue weighted by Crippen LogP contribution is -2.24. The standard InChI is InChI=1S/C97H76N4O8S4/c1-102-77-41-25-69(26-42-77)98(70-27-43-78(103-2)44-28-70)65-17-9-61(10-18-65)89-57-85-93(110-89)94-86(58-90(111-94)62-11-19-66(20-12-62)99(71-29-45-79(104-3)46-30-71)72-31-47-80(105-4)48-32-72)97(85)87-59-91(63-13-21-67(22-14-63)100(73-33-49-81(106-5)50-34-73)74-35-51-82(107-6)52-36-74)112-95(87)96-88(97)60-92(113-96)64-15-23-68(24-16-64)101(75-37-53-83(108-7)54-38-75)76-39-55-84(109-8)56-40-76/h9-60H,1-8H3. The molecule has 1 spiro atoms. The zero-order valence-electron chi connectivity index (χ0n) is 63.2. The summed E-state index contributed by atoms with van der Waals surface area (Å²) in [6.45, 7) is 0. The highest BCUT2D eigenvalue weighted by molar-refractivity contribution is 7.27. The molecule has 556 valence electrons. The van der Waals surface area contributed by atoms with Crippen LogP contribution >= 0.6 is 45.3 Å². The topological polar surface area (TPSA) is 86.8 Å². The highest BCUT2D eigenvalue weighted by Crippen LogP contribution is 2.71. The Morgan fingerprint density at radius 3 is 0.425 bits per heavy atom. The molecule has 18 rings (SSSR count). The predicted octanol–water partition coefficient (Wildman–Crippen LogP) is 26.9. The lowest BCUT2D eigenvalue weighted by Gasteiger charge is -2.28. The average molecular weight is 1550 g/mol. The number of thiophene rings is 4. The lowest BCUT2D eigenvalue weighted by atomic mass is 9.72. The minimum absolute atomic E-state index is 0.708. The van der Waals surface area contributed by atoms with Gasteiger partial charge >= 0.3 is 0 Å². The molecule has 2 aliphatic carbocycles. The molecule has 0 unspecified atom stereocenters. The van der Waals surface area contributed by atoms with E-state index in [0.717, 1.165) is 136 Å². The molecule has 0 fully saturated rings.